The van der Waals surface area contributed by atoms with Crippen LogP contribution in [-0.2, 0) is 38.7 Å². The van der Waals surface area contributed by atoms with E-state index in [1.807, 2.05) is 6.92 Å². The minimum atomic E-state index is -4.58. The van der Waals surface area contributed by atoms with Crippen LogP contribution in [0.2, 0.25) is 0 Å². The third-order valence-corrected chi connectivity index (χ3v) is 4.35. The van der Waals surface area contributed by atoms with Gasteiger partial charge < -0.3 is 17.1 Å². The second-order valence-corrected chi connectivity index (χ2v) is 8.34. The summed E-state index contributed by atoms with van der Waals surface area (Å²) < 4.78 is 45.7. The molecule has 0 saturated heterocycles. The quantitative estimate of drug-likeness (QED) is 0.103. The van der Waals surface area contributed by atoms with Crippen molar-refractivity contribution < 1.29 is 44.4 Å². The fraction of sp³-hybridized carbons (Fsp3) is 0.632. The van der Waals surface area contributed by atoms with E-state index in [-0.39, 0.29) is 43.5 Å². The molecule has 0 bridgehead atoms. The summed E-state index contributed by atoms with van der Waals surface area (Å²) in [7, 11) is -4.58. The van der Waals surface area contributed by atoms with Crippen molar-refractivity contribution in [2.75, 3.05) is 19.2 Å². The van der Waals surface area contributed by atoms with Gasteiger partial charge in [-0.15, -0.1) is 0 Å². The smallest absolute Gasteiger partial charge is 1.00 e. The molecule has 0 aliphatic carbocycles. The summed E-state index contributed by atoms with van der Waals surface area (Å²) in [6.07, 6.45) is 3.16. The maximum atomic E-state index is 12.7. The molecule has 0 atom stereocenters. The Bertz CT molecular complexity index is 709. The molecule has 1 N–H and O–H groups in total. The van der Waals surface area contributed by atoms with E-state index in [9.17, 15) is 22.8 Å². The minimum absolute atomic E-state index is 0. The van der Waals surface area contributed by atoms with Crippen molar-refractivity contribution in [1.29, 1.82) is 0 Å². The Morgan fingerprint density at radius 3 is 1.77 bits per heavy atom. The average Bonchev–Trinajstić information content (AvgIpc) is 2.63. The summed E-state index contributed by atoms with van der Waals surface area (Å²) in [6, 6.07) is 0. The summed E-state index contributed by atoms with van der Waals surface area (Å²) in [5.74, 6) is -3.88. The van der Waals surface area contributed by atoms with E-state index in [0.29, 0.717) is 6.42 Å². The van der Waals surface area contributed by atoms with Crippen LogP contribution in [0.1, 0.15) is 55.7 Å². The maximum Gasteiger partial charge on any atom is 2.00 e. The molecule has 170 valence electrons. The van der Waals surface area contributed by atoms with Gasteiger partial charge in [0, 0.05) is 11.1 Å². The van der Waals surface area contributed by atoms with Gasteiger partial charge in [0.15, 0.2) is 0 Å². The number of carbonyl (C=O) groups excluding carboxylic acids is 3. The first kappa shape index (κ1) is 30.8. The van der Waals surface area contributed by atoms with Crippen molar-refractivity contribution in [2.45, 2.75) is 52.9 Å². The molecule has 0 aliphatic rings. The first-order valence-electron chi connectivity index (χ1n) is 9.12. The summed E-state index contributed by atoms with van der Waals surface area (Å²) in [5.41, 5.74) is -1.46. The Labute approximate surface area is 197 Å². The van der Waals surface area contributed by atoms with E-state index >= 15 is 0 Å². The molecule has 0 heterocycles. The number of esters is 3. The van der Waals surface area contributed by atoms with E-state index in [4.69, 9.17) is 18.8 Å². The van der Waals surface area contributed by atoms with Crippen molar-refractivity contribution in [2.24, 2.45) is 5.41 Å². The van der Waals surface area contributed by atoms with Gasteiger partial charge in [-0.05, 0) is 20.3 Å². The molecule has 0 aromatic heterocycles. The molecule has 0 radical (unpaired) electrons. The van der Waals surface area contributed by atoms with Gasteiger partial charge in [0.2, 0.25) is 5.94 Å². The molecule has 0 amide bonds. The summed E-state index contributed by atoms with van der Waals surface area (Å²) in [5, 5.41) is 0. The topological polar surface area (TPSA) is 133 Å². The molecule has 0 saturated carbocycles. The number of rotatable bonds is 14. The van der Waals surface area contributed by atoms with Crippen LogP contribution in [0.3, 0.4) is 0 Å². The van der Waals surface area contributed by atoms with Gasteiger partial charge >= 0.3 is 51.1 Å². The Hall–Kier alpha value is -1.43. The Balaban J connectivity index is -0.00000131. The average molecular weight is 461 g/mol. The van der Waals surface area contributed by atoms with Gasteiger partial charge in [0.05, 0.1) is 0 Å². The minimum Gasteiger partial charge on any atom is -1.00 e. The third-order valence-electron chi connectivity index (χ3n) is 3.94. The Morgan fingerprint density at radius 2 is 1.40 bits per heavy atom. The fourth-order valence-electron chi connectivity index (χ4n) is 2.23. The first-order chi connectivity index (χ1) is 13.3. The van der Waals surface area contributed by atoms with Gasteiger partial charge in [-0.1, -0.05) is 45.8 Å². The van der Waals surface area contributed by atoms with Crippen LogP contribution in [0.15, 0.2) is 24.3 Å². The summed E-state index contributed by atoms with van der Waals surface area (Å²) in [6.45, 7) is 10.7. The number of ether oxygens (including phenoxy) is 3. The van der Waals surface area contributed by atoms with Gasteiger partial charge in [-0.3, -0.25) is 9.35 Å². The van der Waals surface area contributed by atoms with Crippen LogP contribution in [0.4, 0.5) is 0 Å². The third kappa shape index (κ3) is 12.3. The van der Waals surface area contributed by atoms with E-state index in [1.54, 1.807) is 0 Å². The van der Waals surface area contributed by atoms with Crippen LogP contribution in [-0.4, -0.2) is 73.1 Å². The Morgan fingerprint density at radius 1 is 0.933 bits per heavy atom. The van der Waals surface area contributed by atoms with Crippen LogP contribution in [0.25, 0.3) is 0 Å². The predicted octanol–water partition coefficient (Wildman–Crippen LogP) is 2.41. The van der Waals surface area contributed by atoms with E-state index in [0.717, 1.165) is 19.3 Å². The summed E-state index contributed by atoms with van der Waals surface area (Å²) in [4.78, 5) is 36.4. The van der Waals surface area contributed by atoms with Crippen LogP contribution in [0.5, 0.6) is 0 Å². The second-order valence-electron chi connectivity index (χ2n) is 6.94. The standard InChI is InChI=1S/C19H30O9S.Mg.2H/c1-6-7-8-9-10-19(11-26-16(20)14(2)3,12-27-17(21)15(4)5)18(22)28-13-29(23,24)25;;;/h2,4,6-13H2,1,3,5H3,(H,23,24,25);;;/q;+2;2*-1. The van der Waals surface area contributed by atoms with Crippen LogP contribution < -0.4 is 0 Å². The maximum absolute atomic E-state index is 12.7. The predicted molar refractivity (Wildman–Crippen MR) is 113 cm³/mol. The zero-order valence-corrected chi connectivity index (χ0v) is 20.1. The molecule has 0 unspecified atom stereocenters. The first-order valence-corrected chi connectivity index (χ1v) is 10.7. The second kappa shape index (κ2) is 14.6. The molecule has 0 aromatic carbocycles. The normalized spacial score (nSPS) is 11.1. The molecule has 0 aromatic rings. The molecule has 0 spiro atoms. The van der Waals surface area contributed by atoms with Crippen molar-refractivity contribution >= 4 is 51.1 Å². The molecule has 30 heavy (non-hydrogen) atoms. The van der Waals surface area contributed by atoms with Crippen molar-refractivity contribution in [3.8, 4) is 0 Å². The van der Waals surface area contributed by atoms with Gasteiger partial charge in [-0.25, -0.2) is 9.59 Å². The zero-order chi connectivity index (χ0) is 22.7. The number of unbranched alkanes of at least 4 members (excludes halogenated alkanes) is 3. The van der Waals surface area contributed by atoms with Crippen molar-refractivity contribution in [3.05, 3.63) is 24.3 Å². The molecular formula is C19H32MgO9S. The molecular weight excluding hydrogens is 429 g/mol. The van der Waals surface area contributed by atoms with Crippen LogP contribution in [0, 0.1) is 5.41 Å². The monoisotopic (exact) mass is 460 g/mol. The molecule has 9 nitrogen and oxygen atoms in total. The molecule has 0 rings (SSSR count). The molecule has 0 fully saturated rings. The number of hydrogen-bond donors (Lipinski definition) is 1. The SMILES string of the molecule is C=C(C)C(=O)OCC(CCCCCC)(COC(=O)C(=C)C)C(=O)OCS(=O)(=O)O.[H-].[H-].[Mg+2]. The molecule has 0 aliphatic heterocycles. The van der Waals surface area contributed by atoms with Gasteiger partial charge in [-0.2, -0.15) is 8.42 Å². The zero-order valence-electron chi connectivity index (χ0n) is 19.9. The molecule has 11 heteroatoms. The Kier molecular flexibility index (Phi) is 14.9. The largest absolute Gasteiger partial charge is 2.00 e. The van der Waals surface area contributed by atoms with Crippen molar-refractivity contribution in [3.63, 3.8) is 0 Å². The van der Waals surface area contributed by atoms with Gasteiger partial charge in [0.1, 0.15) is 18.6 Å². The number of carbonyl (C=O) groups is 3. The number of hydrogen-bond acceptors (Lipinski definition) is 8. The van der Waals surface area contributed by atoms with Gasteiger partial charge in [0.25, 0.3) is 0 Å². The fourth-order valence-corrected chi connectivity index (χ4v) is 2.49. The van der Waals surface area contributed by atoms with E-state index < -0.39 is 52.6 Å². The van der Waals surface area contributed by atoms with Crippen molar-refractivity contribution in [1.82, 2.24) is 0 Å². The summed E-state index contributed by atoms with van der Waals surface area (Å²) >= 11 is 0. The van der Waals surface area contributed by atoms with E-state index in [1.165, 1.54) is 13.8 Å². The van der Waals surface area contributed by atoms with Crippen LogP contribution >= 0.6 is 0 Å². The van der Waals surface area contributed by atoms with E-state index in [2.05, 4.69) is 13.2 Å².